The fraction of sp³-hybridized carbons (Fsp3) is 0.833. The normalized spacial score (nSPS) is 21.8. The first kappa shape index (κ1) is 19.3. The molecule has 1 aromatic rings. The summed E-state index contributed by atoms with van der Waals surface area (Å²) in [4.78, 5) is 23.4. The van der Waals surface area contributed by atoms with Crippen LogP contribution in [0.5, 0.6) is 0 Å². The SMILES string of the molecule is C[C@@H](c1nc(C(C)(C)C)no1)N1CCN(CC(=O)N2CCOCC2)CC1. The van der Waals surface area contributed by atoms with Crippen molar-refractivity contribution >= 4 is 5.91 Å². The molecule has 0 spiro atoms. The number of aromatic nitrogens is 2. The first-order valence-corrected chi connectivity index (χ1v) is 9.50. The molecule has 8 nitrogen and oxygen atoms in total. The summed E-state index contributed by atoms with van der Waals surface area (Å²) in [5.41, 5.74) is -0.111. The Labute approximate surface area is 155 Å². The summed E-state index contributed by atoms with van der Waals surface area (Å²) in [5, 5.41) is 4.13. The first-order valence-electron chi connectivity index (χ1n) is 9.50. The number of amides is 1. The van der Waals surface area contributed by atoms with Gasteiger partial charge >= 0.3 is 0 Å². The third-order valence-corrected chi connectivity index (χ3v) is 5.15. The van der Waals surface area contributed by atoms with Crippen LogP contribution in [-0.2, 0) is 14.9 Å². The monoisotopic (exact) mass is 365 g/mol. The number of nitrogens with zero attached hydrogens (tertiary/aromatic N) is 5. The summed E-state index contributed by atoms with van der Waals surface area (Å²) in [6.07, 6.45) is 0. The van der Waals surface area contributed by atoms with E-state index in [1.807, 2.05) is 4.90 Å². The molecule has 2 saturated heterocycles. The number of carbonyl (C=O) groups excluding carboxylic acids is 1. The third kappa shape index (κ3) is 4.61. The molecule has 2 aliphatic heterocycles. The smallest absolute Gasteiger partial charge is 0.243 e. The Balaban J connectivity index is 1.48. The quantitative estimate of drug-likeness (QED) is 0.785. The molecule has 0 N–H and O–H groups in total. The number of carbonyl (C=O) groups is 1. The molecule has 8 heteroatoms. The van der Waals surface area contributed by atoms with Crippen LogP contribution in [0.25, 0.3) is 0 Å². The van der Waals surface area contributed by atoms with Crippen molar-refractivity contribution in [1.82, 2.24) is 24.8 Å². The van der Waals surface area contributed by atoms with E-state index in [0.717, 1.165) is 32.0 Å². The van der Waals surface area contributed by atoms with Crippen LogP contribution in [0.1, 0.15) is 45.5 Å². The molecule has 0 aliphatic carbocycles. The highest BCUT2D eigenvalue weighted by Gasteiger charge is 2.29. The molecular formula is C18H31N5O3. The van der Waals surface area contributed by atoms with Gasteiger partial charge in [-0.15, -0.1) is 0 Å². The molecule has 3 rings (SSSR count). The van der Waals surface area contributed by atoms with Crippen LogP contribution in [0.3, 0.4) is 0 Å². The van der Waals surface area contributed by atoms with Gasteiger partial charge < -0.3 is 14.2 Å². The van der Waals surface area contributed by atoms with Crippen molar-refractivity contribution in [3.05, 3.63) is 11.7 Å². The summed E-state index contributed by atoms with van der Waals surface area (Å²) in [7, 11) is 0. The van der Waals surface area contributed by atoms with Crippen LogP contribution >= 0.6 is 0 Å². The predicted molar refractivity (Wildman–Crippen MR) is 96.8 cm³/mol. The fourth-order valence-electron chi connectivity index (χ4n) is 3.28. The molecule has 0 aromatic carbocycles. The first-order chi connectivity index (χ1) is 12.3. The van der Waals surface area contributed by atoms with E-state index in [2.05, 4.69) is 47.6 Å². The Bertz CT molecular complexity index is 598. The van der Waals surface area contributed by atoms with Crippen molar-refractivity contribution in [2.24, 2.45) is 0 Å². The molecule has 1 aromatic heterocycles. The molecule has 0 saturated carbocycles. The summed E-state index contributed by atoms with van der Waals surface area (Å²) in [6, 6.07) is 0.0932. The summed E-state index contributed by atoms with van der Waals surface area (Å²) >= 11 is 0. The second-order valence-corrected chi connectivity index (χ2v) is 8.19. The van der Waals surface area contributed by atoms with Crippen LogP contribution in [0.2, 0.25) is 0 Å². The zero-order valence-electron chi connectivity index (χ0n) is 16.4. The third-order valence-electron chi connectivity index (χ3n) is 5.15. The minimum atomic E-state index is -0.111. The molecule has 0 unspecified atom stereocenters. The second kappa shape index (κ2) is 8.02. The molecule has 1 amide bonds. The van der Waals surface area contributed by atoms with Gasteiger partial charge in [0.15, 0.2) is 5.82 Å². The Kier molecular flexibility index (Phi) is 5.94. The maximum absolute atomic E-state index is 12.4. The number of ether oxygens (including phenoxy) is 1. The molecule has 3 heterocycles. The molecule has 26 heavy (non-hydrogen) atoms. The Morgan fingerprint density at radius 3 is 2.35 bits per heavy atom. The average molecular weight is 365 g/mol. The predicted octanol–water partition coefficient (Wildman–Crippen LogP) is 0.905. The van der Waals surface area contributed by atoms with Gasteiger partial charge in [0.05, 0.1) is 25.8 Å². The van der Waals surface area contributed by atoms with E-state index in [1.165, 1.54) is 0 Å². The van der Waals surface area contributed by atoms with Gasteiger partial charge in [-0.3, -0.25) is 14.6 Å². The lowest BCUT2D eigenvalue weighted by atomic mass is 9.96. The molecule has 2 aliphatic rings. The lowest BCUT2D eigenvalue weighted by Crippen LogP contribution is -2.51. The van der Waals surface area contributed by atoms with Crippen LogP contribution in [0.4, 0.5) is 0 Å². The summed E-state index contributed by atoms with van der Waals surface area (Å²) in [5.74, 6) is 1.63. The molecule has 1 atom stereocenters. The lowest BCUT2D eigenvalue weighted by molar-refractivity contribution is -0.137. The van der Waals surface area contributed by atoms with Gasteiger partial charge in [0.1, 0.15) is 0 Å². The highest BCUT2D eigenvalue weighted by Crippen LogP contribution is 2.24. The van der Waals surface area contributed by atoms with Gasteiger partial charge in [0.2, 0.25) is 11.8 Å². The minimum Gasteiger partial charge on any atom is -0.378 e. The van der Waals surface area contributed by atoms with Crippen molar-refractivity contribution in [3.63, 3.8) is 0 Å². The van der Waals surface area contributed by atoms with Crippen LogP contribution in [0, 0.1) is 0 Å². The molecule has 2 fully saturated rings. The largest absolute Gasteiger partial charge is 0.378 e. The van der Waals surface area contributed by atoms with E-state index in [-0.39, 0.29) is 17.4 Å². The number of hydrogen-bond donors (Lipinski definition) is 0. The van der Waals surface area contributed by atoms with Crippen molar-refractivity contribution in [1.29, 1.82) is 0 Å². The molecule has 0 bridgehead atoms. The topological polar surface area (TPSA) is 74.9 Å². The van der Waals surface area contributed by atoms with Crippen LogP contribution < -0.4 is 0 Å². The zero-order valence-corrected chi connectivity index (χ0v) is 16.4. The Morgan fingerprint density at radius 1 is 1.12 bits per heavy atom. The van der Waals surface area contributed by atoms with Crippen molar-refractivity contribution in [2.45, 2.75) is 39.2 Å². The van der Waals surface area contributed by atoms with Gasteiger partial charge in [0.25, 0.3) is 0 Å². The van der Waals surface area contributed by atoms with Gasteiger partial charge in [-0.05, 0) is 6.92 Å². The minimum absolute atomic E-state index is 0.0932. The van der Waals surface area contributed by atoms with Gasteiger partial charge in [-0.1, -0.05) is 25.9 Å². The Hall–Kier alpha value is -1.51. The zero-order chi connectivity index (χ0) is 18.7. The number of hydrogen-bond acceptors (Lipinski definition) is 7. The standard InChI is InChI=1S/C18H31N5O3/c1-14(16-19-17(20-26-16)18(2,3)4)22-7-5-21(6-8-22)13-15(24)23-9-11-25-12-10-23/h14H,5-13H2,1-4H3/t14-/m0/s1. The number of rotatable bonds is 4. The van der Waals surface area contributed by atoms with Gasteiger partial charge in [-0.2, -0.15) is 4.98 Å². The van der Waals surface area contributed by atoms with E-state index in [9.17, 15) is 4.79 Å². The van der Waals surface area contributed by atoms with Gasteiger partial charge in [0, 0.05) is 44.7 Å². The lowest BCUT2D eigenvalue weighted by Gasteiger charge is -2.37. The number of morpholine rings is 1. The van der Waals surface area contributed by atoms with E-state index in [4.69, 9.17) is 9.26 Å². The molecule has 146 valence electrons. The van der Waals surface area contributed by atoms with E-state index in [1.54, 1.807) is 0 Å². The van der Waals surface area contributed by atoms with E-state index in [0.29, 0.717) is 38.7 Å². The summed E-state index contributed by atoms with van der Waals surface area (Å²) in [6.45, 7) is 15.1. The van der Waals surface area contributed by atoms with E-state index >= 15 is 0 Å². The highest BCUT2D eigenvalue weighted by molar-refractivity contribution is 5.78. The Morgan fingerprint density at radius 2 is 1.77 bits per heavy atom. The second-order valence-electron chi connectivity index (χ2n) is 8.19. The van der Waals surface area contributed by atoms with Crippen molar-refractivity contribution < 1.29 is 14.1 Å². The average Bonchev–Trinajstić information content (AvgIpc) is 3.13. The molecule has 0 radical (unpaired) electrons. The molecular weight excluding hydrogens is 334 g/mol. The van der Waals surface area contributed by atoms with Crippen molar-refractivity contribution in [2.75, 3.05) is 59.0 Å². The highest BCUT2D eigenvalue weighted by atomic mass is 16.5. The van der Waals surface area contributed by atoms with Crippen LogP contribution in [-0.4, -0.2) is 89.8 Å². The maximum atomic E-state index is 12.4. The van der Waals surface area contributed by atoms with Crippen molar-refractivity contribution in [3.8, 4) is 0 Å². The van der Waals surface area contributed by atoms with E-state index < -0.39 is 0 Å². The number of piperazine rings is 1. The van der Waals surface area contributed by atoms with Crippen LogP contribution in [0.15, 0.2) is 4.52 Å². The van der Waals surface area contributed by atoms with Gasteiger partial charge in [-0.25, -0.2) is 0 Å². The fourth-order valence-corrected chi connectivity index (χ4v) is 3.28. The maximum Gasteiger partial charge on any atom is 0.243 e. The summed E-state index contributed by atoms with van der Waals surface area (Å²) < 4.78 is 10.8.